The van der Waals surface area contributed by atoms with E-state index in [1.807, 2.05) is 0 Å². The number of nitrogens with one attached hydrogen (secondary N) is 2. The molecule has 0 radical (unpaired) electrons. The molecule has 2 aliphatic rings. The van der Waals surface area contributed by atoms with Crippen molar-refractivity contribution >= 4 is 12.4 Å². The van der Waals surface area contributed by atoms with Crippen LogP contribution in [-0.2, 0) is 4.74 Å². The van der Waals surface area contributed by atoms with Gasteiger partial charge in [0.05, 0.1) is 6.61 Å². The number of hydrogen-bond acceptors (Lipinski definition) is 3. The largest absolute Gasteiger partial charge is 0.361 e. The molecule has 2 unspecified atom stereocenters. The van der Waals surface area contributed by atoms with E-state index >= 15 is 0 Å². The minimum absolute atomic E-state index is 0. The summed E-state index contributed by atoms with van der Waals surface area (Å²) in [6.45, 7) is 7.56. The first kappa shape index (κ1) is 12.2. The molecule has 2 saturated heterocycles. The summed E-state index contributed by atoms with van der Waals surface area (Å²) >= 11 is 0. The summed E-state index contributed by atoms with van der Waals surface area (Å²) in [4.78, 5) is 0. The van der Waals surface area contributed by atoms with Gasteiger partial charge in [0, 0.05) is 18.0 Å². The van der Waals surface area contributed by atoms with Crippen LogP contribution >= 0.6 is 12.4 Å². The summed E-state index contributed by atoms with van der Waals surface area (Å²) in [5, 5.41) is 6.93. The second-order valence-corrected chi connectivity index (χ2v) is 4.98. The van der Waals surface area contributed by atoms with Gasteiger partial charge in [0.25, 0.3) is 0 Å². The van der Waals surface area contributed by atoms with Crippen LogP contribution in [0.2, 0.25) is 0 Å². The molecule has 4 heteroatoms. The number of ether oxygens (including phenoxy) is 1. The zero-order chi connectivity index (χ0) is 9.31. The van der Waals surface area contributed by atoms with Crippen LogP contribution in [-0.4, -0.2) is 32.0 Å². The van der Waals surface area contributed by atoms with Gasteiger partial charge in [-0.3, -0.25) is 5.32 Å². The molecule has 2 heterocycles. The second-order valence-electron chi connectivity index (χ2n) is 4.98. The molecule has 14 heavy (non-hydrogen) atoms. The third-order valence-corrected chi connectivity index (χ3v) is 2.90. The molecular formula is C10H21ClN2O. The van der Waals surface area contributed by atoms with Crippen LogP contribution in [0.1, 0.15) is 26.7 Å². The van der Waals surface area contributed by atoms with Gasteiger partial charge in [-0.05, 0) is 19.4 Å². The molecule has 2 rings (SSSR count). The fraction of sp³-hybridized carbons (Fsp3) is 1.00. The lowest BCUT2D eigenvalue weighted by atomic mass is 9.93. The standard InChI is InChI=1S/C10H20N2O.ClH/c1-10(2)6-12-9(13-7-10)8-4-3-5-11-8;/h8-9,11-12H,3-7H2,1-2H3;1H. The van der Waals surface area contributed by atoms with Crippen molar-refractivity contribution in [1.82, 2.24) is 10.6 Å². The number of halogens is 1. The zero-order valence-electron chi connectivity index (χ0n) is 9.01. The van der Waals surface area contributed by atoms with Gasteiger partial charge < -0.3 is 10.1 Å². The molecule has 0 saturated carbocycles. The molecule has 0 aromatic carbocycles. The molecule has 2 aliphatic heterocycles. The smallest absolute Gasteiger partial charge is 0.123 e. The minimum atomic E-state index is 0. The Hall–Kier alpha value is 0.170. The monoisotopic (exact) mass is 220 g/mol. The van der Waals surface area contributed by atoms with Crippen molar-refractivity contribution in [3.05, 3.63) is 0 Å². The average Bonchev–Trinajstić information content (AvgIpc) is 2.56. The maximum Gasteiger partial charge on any atom is 0.123 e. The van der Waals surface area contributed by atoms with Crippen LogP contribution in [0.25, 0.3) is 0 Å². The molecular weight excluding hydrogens is 200 g/mol. The van der Waals surface area contributed by atoms with E-state index in [-0.39, 0.29) is 18.6 Å². The summed E-state index contributed by atoms with van der Waals surface area (Å²) < 4.78 is 5.80. The predicted molar refractivity (Wildman–Crippen MR) is 59.8 cm³/mol. The van der Waals surface area contributed by atoms with E-state index < -0.39 is 0 Å². The normalized spacial score (nSPS) is 36.4. The SMILES string of the molecule is CC1(C)CNC(C2CCCN2)OC1.Cl. The summed E-state index contributed by atoms with van der Waals surface area (Å²) in [7, 11) is 0. The van der Waals surface area contributed by atoms with Gasteiger partial charge in [-0.15, -0.1) is 12.4 Å². The van der Waals surface area contributed by atoms with Crippen molar-refractivity contribution in [2.24, 2.45) is 5.41 Å². The Morgan fingerprint density at radius 2 is 2.07 bits per heavy atom. The van der Waals surface area contributed by atoms with E-state index in [0.717, 1.165) is 19.7 Å². The van der Waals surface area contributed by atoms with Crippen LogP contribution in [0.3, 0.4) is 0 Å². The molecule has 0 aromatic rings. The molecule has 2 fully saturated rings. The summed E-state index contributed by atoms with van der Waals surface area (Å²) in [5.41, 5.74) is 0.301. The highest BCUT2D eigenvalue weighted by atomic mass is 35.5. The molecule has 3 nitrogen and oxygen atoms in total. The average molecular weight is 221 g/mol. The first-order valence-corrected chi connectivity index (χ1v) is 5.26. The van der Waals surface area contributed by atoms with Gasteiger partial charge in [0.1, 0.15) is 6.23 Å². The van der Waals surface area contributed by atoms with Crippen molar-refractivity contribution in [3.8, 4) is 0 Å². The summed E-state index contributed by atoms with van der Waals surface area (Å²) in [6, 6.07) is 0.538. The number of hydrogen-bond donors (Lipinski definition) is 2. The molecule has 0 aliphatic carbocycles. The van der Waals surface area contributed by atoms with E-state index in [9.17, 15) is 0 Å². The highest BCUT2D eigenvalue weighted by molar-refractivity contribution is 5.85. The van der Waals surface area contributed by atoms with Gasteiger partial charge in [-0.25, -0.2) is 0 Å². The first-order chi connectivity index (χ1) is 6.17. The topological polar surface area (TPSA) is 33.3 Å². The Morgan fingerprint density at radius 1 is 1.29 bits per heavy atom. The Bertz CT molecular complexity index is 171. The maximum absolute atomic E-state index is 5.80. The lowest BCUT2D eigenvalue weighted by Crippen LogP contribution is -2.55. The Kier molecular flexibility index (Phi) is 4.19. The van der Waals surface area contributed by atoms with Gasteiger partial charge >= 0.3 is 0 Å². The minimum Gasteiger partial charge on any atom is -0.361 e. The van der Waals surface area contributed by atoms with Gasteiger partial charge in [-0.2, -0.15) is 0 Å². The quantitative estimate of drug-likeness (QED) is 0.695. The lowest BCUT2D eigenvalue weighted by molar-refractivity contribution is -0.0713. The van der Waals surface area contributed by atoms with E-state index in [1.54, 1.807) is 0 Å². The molecule has 0 amide bonds. The first-order valence-electron chi connectivity index (χ1n) is 5.26. The molecule has 2 N–H and O–H groups in total. The summed E-state index contributed by atoms with van der Waals surface area (Å²) in [6.07, 6.45) is 2.78. The third kappa shape index (κ3) is 2.83. The van der Waals surface area contributed by atoms with Gasteiger partial charge in [-0.1, -0.05) is 13.8 Å². The van der Waals surface area contributed by atoms with Crippen LogP contribution < -0.4 is 10.6 Å². The van der Waals surface area contributed by atoms with Crippen molar-refractivity contribution < 1.29 is 4.74 Å². The molecule has 84 valence electrons. The molecule has 2 atom stereocenters. The van der Waals surface area contributed by atoms with E-state index in [0.29, 0.717) is 11.5 Å². The highest BCUT2D eigenvalue weighted by Crippen LogP contribution is 2.22. The predicted octanol–water partition coefficient (Wildman–Crippen LogP) is 1.13. The van der Waals surface area contributed by atoms with Gasteiger partial charge in [0.15, 0.2) is 0 Å². The fourth-order valence-corrected chi connectivity index (χ4v) is 2.03. The van der Waals surface area contributed by atoms with Crippen molar-refractivity contribution in [2.45, 2.75) is 39.0 Å². The van der Waals surface area contributed by atoms with Crippen molar-refractivity contribution in [3.63, 3.8) is 0 Å². The van der Waals surface area contributed by atoms with E-state index in [4.69, 9.17) is 4.74 Å². The van der Waals surface area contributed by atoms with E-state index in [2.05, 4.69) is 24.5 Å². The Balaban J connectivity index is 0.000000980. The Morgan fingerprint density at radius 3 is 2.57 bits per heavy atom. The maximum atomic E-state index is 5.80. The van der Waals surface area contributed by atoms with Crippen LogP contribution in [0.15, 0.2) is 0 Å². The van der Waals surface area contributed by atoms with Crippen LogP contribution in [0.5, 0.6) is 0 Å². The van der Waals surface area contributed by atoms with Crippen LogP contribution in [0.4, 0.5) is 0 Å². The Labute approximate surface area is 92.4 Å². The second kappa shape index (κ2) is 4.79. The molecule has 0 spiro atoms. The highest BCUT2D eigenvalue weighted by Gasteiger charge is 2.32. The zero-order valence-corrected chi connectivity index (χ0v) is 9.82. The summed E-state index contributed by atoms with van der Waals surface area (Å²) in [5.74, 6) is 0. The number of rotatable bonds is 1. The van der Waals surface area contributed by atoms with Crippen molar-refractivity contribution in [1.29, 1.82) is 0 Å². The van der Waals surface area contributed by atoms with Gasteiger partial charge in [0.2, 0.25) is 0 Å². The fourth-order valence-electron chi connectivity index (χ4n) is 2.03. The third-order valence-electron chi connectivity index (χ3n) is 2.90. The van der Waals surface area contributed by atoms with Crippen molar-refractivity contribution in [2.75, 3.05) is 19.7 Å². The van der Waals surface area contributed by atoms with Crippen LogP contribution in [0, 0.1) is 5.41 Å². The van der Waals surface area contributed by atoms with E-state index in [1.165, 1.54) is 12.8 Å². The molecule has 0 bridgehead atoms. The molecule has 0 aromatic heterocycles. The lowest BCUT2D eigenvalue weighted by Gasteiger charge is -2.38.